The lowest BCUT2D eigenvalue weighted by Crippen LogP contribution is -2.51. The Morgan fingerprint density at radius 3 is 2.74 bits per heavy atom. The van der Waals surface area contributed by atoms with Crippen molar-refractivity contribution in [2.24, 2.45) is 5.92 Å². The Labute approximate surface area is 165 Å². The molecule has 1 amide bonds. The Balaban J connectivity index is 1.67. The standard InChI is InChI=1S/C21H27N3O2S/c1-14(2)12-19(20(25)22-16-10-11-26-13-16)24-21(27)23-18-9-5-7-15-6-3-4-8-17(15)18/h3-9,14,16,19H,10-13H2,1-2H3,(H,22,25)(H2,23,24,27)/t16-,19?/m0/s1. The fourth-order valence-corrected chi connectivity index (χ4v) is 3.56. The van der Waals surface area contributed by atoms with Crippen LogP contribution in [0.4, 0.5) is 5.69 Å². The summed E-state index contributed by atoms with van der Waals surface area (Å²) in [4.78, 5) is 12.7. The Morgan fingerprint density at radius 2 is 2.00 bits per heavy atom. The molecule has 2 aromatic rings. The van der Waals surface area contributed by atoms with Gasteiger partial charge in [-0.05, 0) is 42.4 Å². The molecule has 1 aliphatic rings. The van der Waals surface area contributed by atoms with Gasteiger partial charge in [0.1, 0.15) is 6.04 Å². The van der Waals surface area contributed by atoms with E-state index in [0.717, 1.165) is 22.9 Å². The van der Waals surface area contributed by atoms with E-state index in [2.05, 4.69) is 48.0 Å². The molecular formula is C21H27N3O2S. The molecule has 27 heavy (non-hydrogen) atoms. The molecule has 0 aromatic heterocycles. The summed E-state index contributed by atoms with van der Waals surface area (Å²) in [5.74, 6) is 0.342. The summed E-state index contributed by atoms with van der Waals surface area (Å²) in [6.45, 7) is 5.48. The molecule has 0 spiro atoms. The van der Waals surface area contributed by atoms with Gasteiger partial charge in [0.25, 0.3) is 0 Å². The van der Waals surface area contributed by atoms with Crippen molar-refractivity contribution in [3.8, 4) is 0 Å². The molecule has 1 unspecified atom stereocenters. The first kappa shape index (κ1) is 19.6. The molecule has 0 aliphatic carbocycles. The van der Waals surface area contributed by atoms with Crippen molar-refractivity contribution in [2.75, 3.05) is 18.5 Å². The Bertz CT molecular complexity index is 798. The number of benzene rings is 2. The summed E-state index contributed by atoms with van der Waals surface area (Å²) < 4.78 is 5.35. The molecule has 3 rings (SSSR count). The van der Waals surface area contributed by atoms with Gasteiger partial charge in [-0.15, -0.1) is 0 Å². The van der Waals surface area contributed by atoms with Crippen molar-refractivity contribution in [1.29, 1.82) is 0 Å². The quantitative estimate of drug-likeness (QED) is 0.665. The first-order valence-corrected chi connectivity index (χ1v) is 9.87. The average molecular weight is 386 g/mol. The van der Waals surface area contributed by atoms with Crippen LogP contribution < -0.4 is 16.0 Å². The normalized spacial score (nSPS) is 17.7. The number of nitrogens with one attached hydrogen (secondary N) is 3. The maximum absolute atomic E-state index is 12.7. The lowest BCUT2D eigenvalue weighted by atomic mass is 10.0. The number of ether oxygens (including phenoxy) is 1. The van der Waals surface area contributed by atoms with Crippen LogP contribution in [-0.2, 0) is 9.53 Å². The van der Waals surface area contributed by atoms with Crippen LogP contribution in [0.5, 0.6) is 0 Å². The van der Waals surface area contributed by atoms with E-state index in [1.165, 1.54) is 0 Å². The second-order valence-electron chi connectivity index (χ2n) is 7.38. The van der Waals surface area contributed by atoms with E-state index in [-0.39, 0.29) is 18.0 Å². The van der Waals surface area contributed by atoms with Crippen LogP contribution in [0.3, 0.4) is 0 Å². The van der Waals surface area contributed by atoms with Crippen molar-refractivity contribution < 1.29 is 9.53 Å². The number of rotatable bonds is 6. The number of carbonyl (C=O) groups excluding carboxylic acids is 1. The summed E-state index contributed by atoms with van der Waals surface area (Å²) in [6, 6.07) is 13.9. The molecule has 2 aromatic carbocycles. The highest BCUT2D eigenvalue weighted by atomic mass is 32.1. The fraction of sp³-hybridized carbons (Fsp3) is 0.429. The van der Waals surface area contributed by atoms with Crippen molar-refractivity contribution in [3.63, 3.8) is 0 Å². The van der Waals surface area contributed by atoms with Crippen LogP contribution in [0.15, 0.2) is 42.5 Å². The minimum absolute atomic E-state index is 0.0266. The zero-order chi connectivity index (χ0) is 19.2. The molecule has 1 aliphatic heterocycles. The van der Waals surface area contributed by atoms with E-state index in [0.29, 0.717) is 30.7 Å². The SMILES string of the molecule is CC(C)CC(NC(=S)Nc1cccc2ccccc12)C(=O)N[C@H]1CCOC1. The highest BCUT2D eigenvalue weighted by Gasteiger charge is 2.25. The zero-order valence-electron chi connectivity index (χ0n) is 15.8. The molecule has 6 heteroatoms. The van der Waals surface area contributed by atoms with E-state index in [1.54, 1.807) is 0 Å². The lowest BCUT2D eigenvalue weighted by Gasteiger charge is -2.23. The van der Waals surface area contributed by atoms with Crippen molar-refractivity contribution in [3.05, 3.63) is 42.5 Å². The van der Waals surface area contributed by atoms with Crippen LogP contribution >= 0.6 is 12.2 Å². The summed E-state index contributed by atoms with van der Waals surface area (Å²) in [5.41, 5.74) is 0.929. The minimum Gasteiger partial charge on any atom is -0.379 e. The maximum atomic E-state index is 12.7. The second kappa shape index (κ2) is 9.15. The number of thiocarbonyl (C=S) groups is 1. The predicted molar refractivity (Wildman–Crippen MR) is 114 cm³/mol. The van der Waals surface area contributed by atoms with Crippen LogP contribution in [0.1, 0.15) is 26.7 Å². The number of carbonyl (C=O) groups is 1. The van der Waals surface area contributed by atoms with Gasteiger partial charge in [0.2, 0.25) is 5.91 Å². The van der Waals surface area contributed by atoms with Crippen molar-refractivity contribution >= 4 is 39.7 Å². The molecule has 3 N–H and O–H groups in total. The summed E-state index contributed by atoms with van der Waals surface area (Å²) in [7, 11) is 0. The smallest absolute Gasteiger partial charge is 0.242 e. The Kier molecular flexibility index (Phi) is 6.63. The van der Waals surface area contributed by atoms with Gasteiger partial charge >= 0.3 is 0 Å². The van der Waals surface area contributed by atoms with E-state index >= 15 is 0 Å². The average Bonchev–Trinajstić information content (AvgIpc) is 3.14. The van der Waals surface area contributed by atoms with Gasteiger partial charge < -0.3 is 20.7 Å². The molecule has 0 bridgehead atoms. The largest absolute Gasteiger partial charge is 0.379 e. The lowest BCUT2D eigenvalue weighted by molar-refractivity contribution is -0.123. The van der Waals surface area contributed by atoms with Gasteiger partial charge in [-0.1, -0.05) is 50.2 Å². The summed E-state index contributed by atoms with van der Waals surface area (Å²) in [5, 5.41) is 12.2. The molecule has 1 saturated heterocycles. The van der Waals surface area contributed by atoms with Gasteiger partial charge in [0.05, 0.1) is 12.6 Å². The molecule has 2 atom stereocenters. The first-order valence-electron chi connectivity index (χ1n) is 9.46. The number of anilines is 1. The number of fused-ring (bicyclic) bond motifs is 1. The van der Waals surface area contributed by atoms with E-state index in [4.69, 9.17) is 17.0 Å². The highest BCUT2D eigenvalue weighted by molar-refractivity contribution is 7.80. The molecule has 5 nitrogen and oxygen atoms in total. The third-order valence-corrected chi connectivity index (χ3v) is 4.86. The predicted octanol–water partition coefficient (Wildman–Crippen LogP) is 3.45. The van der Waals surface area contributed by atoms with Gasteiger partial charge in [0, 0.05) is 17.7 Å². The molecular weight excluding hydrogens is 358 g/mol. The molecule has 1 fully saturated rings. The molecule has 0 saturated carbocycles. The van der Waals surface area contributed by atoms with Crippen molar-refractivity contribution in [2.45, 2.75) is 38.8 Å². The Morgan fingerprint density at radius 1 is 1.22 bits per heavy atom. The van der Waals surface area contributed by atoms with E-state index in [9.17, 15) is 4.79 Å². The minimum atomic E-state index is -0.374. The van der Waals surface area contributed by atoms with Crippen LogP contribution in [0.25, 0.3) is 10.8 Å². The third-order valence-electron chi connectivity index (χ3n) is 4.64. The van der Waals surface area contributed by atoms with Crippen LogP contribution in [-0.4, -0.2) is 36.3 Å². The maximum Gasteiger partial charge on any atom is 0.242 e. The van der Waals surface area contributed by atoms with Crippen molar-refractivity contribution in [1.82, 2.24) is 10.6 Å². The highest BCUT2D eigenvalue weighted by Crippen LogP contribution is 2.23. The monoisotopic (exact) mass is 385 g/mol. The Hall–Kier alpha value is -2.18. The number of hydrogen-bond acceptors (Lipinski definition) is 3. The second-order valence-corrected chi connectivity index (χ2v) is 7.78. The summed E-state index contributed by atoms with van der Waals surface area (Å²) >= 11 is 5.50. The number of hydrogen-bond donors (Lipinski definition) is 3. The zero-order valence-corrected chi connectivity index (χ0v) is 16.6. The third kappa shape index (κ3) is 5.40. The molecule has 1 heterocycles. The molecule has 144 valence electrons. The van der Waals surface area contributed by atoms with Gasteiger partial charge in [0.15, 0.2) is 5.11 Å². The number of amides is 1. The van der Waals surface area contributed by atoms with Gasteiger partial charge in [-0.2, -0.15) is 0 Å². The van der Waals surface area contributed by atoms with Gasteiger partial charge in [-0.3, -0.25) is 4.79 Å². The van der Waals surface area contributed by atoms with Gasteiger partial charge in [-0.25, -0.2) is 0 Å². The van der Waals surface area contributed by atoms with Crippen LogP contribution in [0, 0.1) is 5.92 Å². The molecule has 0 radical (unpaired) electrons. The first-order chi connectivity index (χ1) is 13.0. The van der Waals surface area contributed by atoms with E-state index < -0.39 is 0 Å². The van der Waals surface area contributed by atoms with Crippen LogP contribution in [0.2, 0.25) is 0 Å². The fourth-order valence-electron chi connectivity index (χ4n) is 3.30. The van der Waals surface area contributed by atoms with E-state index in [1.807, 2.05) is 24.3 Å². The topological polar surface area (TPSA) is 62.4 Å². The summed E-state index contributed by atoms with van der Waals surface area (Å²) in [6.07, 6.45) is 1.57.